The van der Waals surface area contributed by atoms with Crippen molar-refractivity contribution in [1.29, 1.82) is 0 Å². The van der Waals surface area contributed by atoms with Crippen LogP contribution >= 0.6 is 11.6 Å². The lowest BCUT2D eigenvalue weighted by Gasteiger charge is -2.14. The number of halogens is 1. The van der Waals surface area contributed by atoms with Crippen LogP contribution in [0.5, 0.6) is 0 Å². The predicted octanol–water partition coefficient (Wildman–Crippen LogP) is 3.82. The van der Waals surface area contributed by atoms with Crippen LogP contribution in [0.25, 0.3) is 11.1 Å². The molecule has 0 bridgehead atoms. The van der Waals surface area contributed by atoms with E-state index in [0.717, 1.165) is 22.3 Å². The number of benzene rings is 3. The summed E-state index contributed by atoms with van der Waals surface area (Å²) in [4.78, 5) is 23.5. The summed E-state index contributed by atoms with van der Waals surface area (Å²) in [5.74, 6) is -1.10. The van der Waals surface area contributed by atoms with E-state index in [1.165, 1.54) is 0 Å². The number of nitrogens with one attached hydrogen (secondary N) is 1. The van der Waals surface area contributed by atoms with Crippen LogP contribution in [0.1, 0.15) is 31.8 Å². The van der Waals surface area contributed by atoms with Gasteiger partial charge in [0.2, 0.25) is 5.91 Å². The first-order chi connectivity index (χ1) is 13.0. The van der Waals surface area contributed by atoms with E-state index in [2.05, 4.69) is 0 Å². The molecule has 5 nitrogen and oxygen atoms in total. The Balaban J connectivity index is 2.08. The van der Waals surface area contributed by atoms with Crippen LogP contribution in [-0.2, 0) is 6.42 Å². The van der Waals surface area contributed by atoms with E-state index in [-0.39, 0.29) is 0 Å². The van der Waals surface area contributed by atoms with Gasteiger partial charge >= 0.3 is 0 Å². The lowest BCUT2D eigenvalue weighted by Crippen LogP contribution is -2.18. The molecule has 0 spiro atoms. The molecule has 6 heteroatoms. The molecule has 0 aliphatic rings. The molecular formula is C21H17ClN2O3. The minimum atomic E-state index is -0.591. The molecule has 3 aromatic carbocycles. The van der Waals surface area contributed by atoms with Crippen LogP contribution in [0, 0.1) is 0 Å². The Hall–Kier alpha value is -3.15. The molecule has 4 N–H and O–H groups in total. The van der Waals surface area contributed by atoms with Crippen molar-refractivity contribution >= 4 is 23.4 Å². The zero-order chi connectivity index (χ0) is 19.4. The van der Waals surface area contributed by atoms with Crippen LogP contribution in [0.4, 0.5) is 0 Å². The molecule has 3 aromatic rings. The van der Waals surface area contributed by atoms with Gasteiger partial charge in [-0.2, -0.15) is 0 Å². The maximum Gasteiger partial charge on any atom is 0.274 e. The Morgan fingerprint density at radius 2 is 1.70 bits per heavy atom. The van der Waals surface area contributed by atoms with Crippen molar-refractivity contribution in [2.24, 2.45) is 5.73 Å². The standard InChI is InChI=1S/C21H17ClN2O3/c22-16-4-1-3-13(11-16)12-19-17(5-2-6-18(19)20(23)25)14-7-9-15(10-8-14)21(26)24-27/h1-11,27H,12H2,(H2,23,25)(H,24,26). The highest BCUT2D eigenvalue weighted by Gasteiger charge is 2.15. The summed E-state index contributed by atoms with van der Waals surface area (Å²) in [6.45, 7) is 0. The smallest absolute Gasteiger partial charge is 0.274 e. The fourth-order valence-electron chi connectivity index (χ4n) is 3.00. The molecule has 0 fully saturated rings. The summed E-state index contributed by atoms with van der Waals surface area (Å²) in [5, 5.41) is 9.36. The topological polar surface area (TPSA) is 92.4 Å². The van der Waals surface area contributed by atoms with Crippen LogP contribution < -0.4 is 11.2 Å². The Bertz CT molecular complexity index is 1000. The van der Waals surface area contributed by atoms with Gasteiger partial charge in [-0.1, -0.05) is 48.0 Å². The van der Waals surface area contributed by atoms with Crippen LogP contribution in [0.2, 0.25) is 5.02 Å². The molecule has 0 atom stereocenters. The fourth-order valence-corrected chi connectivity index (χ4v) is 3.21. The van der Waals surface area contributed by atoms with Gasteiger partial charge in [0.1, 0.15) is 0 Å². The van der Waals surface area contributed by atoms with Gasteiger partial charge < -0.3 is 5.73 Å². The third-order valence-electron chi connectivity index (χ3n) is 4.27. The monoisotopic (exact) mass is 380 g/mol. The highest BCUT2D eigenvalue weighted by atomic mass is 35.5. The maximum absolute atomic E-state index is 12.0. The van der Waals surface area contributed by atoms with Crippen LogP contribution in [0.3, 0.4) is 0 Å². The molecular weight excluding hydrogens is 364 g/mol. The van der Waals surface area contributed by atoms with Gasteiger partial charge in [-0.15, -0.1) is 0 Å². The van der Waals surface area contributed by atoms with Crippen molar-refractivity contribution in [1.82, 2.24) is 5.48 Å². The van der Waals surface area contributed by atoms with E-state index in [9.17, 15) is 9.59 Å². The van der Waals surface area contributed by atoms with Crippen LogP contribution in [-0.4, -0.2) is 17.0 Å². The van der Waals surface area contributed by atoms with E-state index in [4.69, 9.17) is 22.5 Å². The molecule has 27 heavy (non-hydrogen) atoms. The van der Waals surface area contributed by atoms with Crippen molar-refractivity contribution in [3.8, 4) is 11.1 Å². The Labute approximate surface area is 161 Å². The molecule has 3 rings (SSSR count). The molecule has 0 aromatic heterocycles. The molecule has 0 saturated heterocycles. The first kappa shape index (κ1) is 18.6. The largest absolute Gasteiger partial charge is 0.366 e. The second-order valence-electron chi connectivity index (χ2n) is 6.02. The SMILES string of the molecule is NC(=O)c1cccc(-c2ccc(C(=O)NO)cc2)c1Cc1cccc(Cl)c1. The number of hydrogen-bond acceptors (Lipinski definition) is 3. The third-order valence-corrected chi connectivity index (χ3v) is 4.51. The van der Waals surface area contributed by atoms with Crippen molar-refractivity contribution in [3.63, 3.8) is 0 Å². The van der Waals surface area contributed by atoms with Gasteiger partial charge in [0, 0.05) is 16.1 Å². The van der Waals surface area contributed by atoms with Crippen molar-refractivity contribution < 1.29 is 14.8 Å². The highest BCUT2D eigenvalue weighted by Crippen LogP contribution is 2.29. The average molecular weight is 381 g/mol. The molecule has 0 aliphatic heterocycles. The van der Waals surface area contributed by atoms with E-state index >= 15 is 0 Å². The number of carbonyl (C=O) groups is 2. The summed E-state index contributed by atoms with van der Waals surface area (Å²) in [6, 6.07) is 19.5. The second kappa shape index (κ2) is 8.03. The minimum Gasteiger partial charge on any atom is -0.366 e. The molecule has 2 amide bonds. The van der Waals surface area contributed by atoms with E-state index in [1.807, 2.05) is 24.3 Å². The third kappa shape index (κ3) is 4.16. The van der Waals surface area contributed by atoms with Gasteiger partial charge in [-0.05, 0) is 59.0 Å². The Morgan fingerprint density at radius 3 is 2.33 bits per heavy atom. The number of hydroxylamine groups is 1. The summed E-state index contributed by atoms with van der Waals surface area (Å²) >= 11 is 6.08. The van der Waals surface area contributed by atoms with E-state index < -0.39 is 11.8 Å². The average Bonchev–Trinajstić information content (AvgIpc) is 2.67. The molecule has 0 saturated carbocycles. The number of amides is 2. The molecule has 0 aliphatic carbocycles. The molecule has 0 unspecified atom stereocenters. The molecule has 136 valence electrons. The van der Waals surface area contributed by atoms with Crippen LogP contribution in [0.15, 0.2) is 66.7 Å². The zero-order valence-electron chi connectivity index (χ0n) is 14.3. The quantitative estimate of drug-likeness (QED) is 0.464. The number of hydrogen-bond donors (Lipinski definition) is 3. The van der Waals surface area contributed by atoms with Gasteiger partial charge in [-0.25, -0.2) is 5.48 Å². The number of nitrogens with two attached hydrogens (primary N) is 1. The minimum absolute atomic E-state index is 0.323. The highest BCUT2D eigenvalue weighted by molar-refractivity contribution is 6.30. The summed E-state index contributed by atoms with van der Waals surface area (Å²) < 4.78 is 0. The van der Waals surface area contributed by atoms with Crippen molar-refractivity contribution in [2.75, 3.05) is 0 Å². The van der Waals surface area contributed by atoms with Gasteiger partial charge in [0.05, 0.1) is 0 Å². The Morgan fingerprint density at radius 1 is 1.00 bits per heavy atom. The van der Waals surface area contributed by atoms with E-state index in [0.29, 0.717) is 22.6 Å². The lowest BCUT2D eigenvalue weighted by atomic mass is 9.90. The number of carbonyl (C=O) groups excluding carboxylic acids is 2. The molecule has 0 heterocycles. The normalized spacial score (nSPS) is 10.4. The number of rotatable bonds is 5. The van der Waals surface area contributed by atoms with E-state index in [1.54, 1.807) is 47.9 Å². The summed E-state index contributed by atoms with van der Waals surface area (Å²) in [5.41, 5.74) is 11.3. The fraction of sp³-hybridized carbons (Fsp3) is 0.0476. The molecule has 0 radical (unpaired) electrons. The second-order valence-corrected chi connectivity index (χ2v) is 6.46. The maximum atomic E-state index is 12.0. The van der Waals surface area contributed by atoms with Crippen molar-refractivity contribution in [2.45, 2.75) is 6.42 Å². The van der Waals surface area contributed by atoms with Gasteiger partial charge in [0.25, 0.3) is 5.91 Å². The summed E-state index contributed by atoms with van der Waals surface area (Å²) in [6.07, 6.45) is 0.480. The first-order valence-electron chi connectivity index (χ1n) is 8.20. The van der Waals surface area contributed by atoms with Gasteiger partial charge in [0.15, 0.2) is 0 Å². The first-order valence-corrected chi connectivity index (χ1v) is 8.58. The summed E-state index contributed by atoms with van der Waals surface area (Å²) in [7, 11) is 0. The predicted molar refractivity (Wildman–Crippen MR) is 104 cm³/mol. The zero-order valence-corrected chi connectivity index (χ0v) is 15.0. The van der Waals surface area contributed by atoms with Crippen molar-refractivity contribution in [3.05, 3.63) is 94.0 Å². The van der Waals surface area contributed by atoms with Gasteiger partial charge in [-0.3, -0.25) is 14.8 Å². The lowest BCUT2D eigenvalue weighted by molar-refractivity contribution is 0.0706. The Kier molecular flexibility index (Phi) is 5.54. The number of primary amides is 1.